The zero-order valence-electron chi connectivity index (χ0n) is 11.2. The number of hydrogen-bond acceptors (Lipinski definition) is 2. The Kier molecular flexibility index (Phi) is 5.45. The zero-order valence-corrected chi connectivity index (χ0v) is 11.9. The lowest BCUT2D eigenvalue weighted by Crippen LogP contribution is -2.39. The molecule has 0 saturated heterocycles. The van der Waals surface area contributed by atoms with Crippen LogP contribution in [0.1, 0.15) is 44.6 Å². The molecule has 0 spiro atoms. The van der Waals surface area contributed by atoms with E-state index in [0.717, 1.165) is 23.9 Å². The summed E-state index contributed by atoms with van der Waals surface area (Å²) in [5.41, 5.74) is 1.25. The van der Waals surface area contributed by atoms with Crippen LogP contribution in [0.4, 0.5) is 0 Å². The van der Waals surface area contributed by atoms with E-state index in [1.165, 1.54) is 37.7 Å². The summed E-state index contributed by atoms with van der Waals surface area (Å²) in [6, 6.07) is 2.73. The predicted molar refractivity (Wildman–Crippen MR) is 77.0 cm³/mol. The fraction of sp³-hybridized carbons (Fsp3) is 0.667. The summed E-state index contributed by atoms with van der Waals surface area (Å²) >= 11 is 6.21. The second-order valence-corrected chi connectivity index (χ2v) is 5.68. The lowest BCUT2D eigenvalue weighted by Gasteiger charge is -2.32. The molecule has 2 nitrogen and oxygen atoms in total. The molecule has 0 aromatic carbocycles. The smallest absolute Gasteiger partial charge is 0.0621 e. The molecule has 18 heavy (non-hydrogen) atoms. The van der Waals surface area contributed by atoms with Gasteiger partial charge in [-0.2, -0.15) is 0 Å². The van der Waals surface area contributed by atoms with E-state index in [0.29, 0.717) is 6.04 Å². The number of rotatable bonds is 5. The van der Waals surface area contributed by atoms with Gasteiger partial charge in [-0.15, -0.1) is 0 Å². The number of hydrogen-bond donors (Lipinski definition) is 1. The molecule has 3 heteroatoms. The van der Waals surface area contributed by atoms with Gasteiger partial charge in [0.1, 0.15) is 0 Å². The lowest BCUT2D eigenvalue weighted by molar-refractivity contribution is 0.261. The summed E-state index contributed by atoms with van der Waals surface area (Å²) in [5, 5.41) is 4.52. The maximum Gasteiger partial charge on any atom is 0.0621 e. The van der Waals surface area contributed by atoms with Gasteiger partial charge in [-0.05, 0) is 49.8 Å². The first-order valence-electron chi connectivity index (χ1n) is 7.13. The number of pyridine rings is 1. The van der Waals surface area contributed by atoms with Crippen LogP contribution in [0, 0.1) is 5.92 Å². The van der Waals surface area contributed by atoms with E-state index in [1.54, 1.807) is 6.20 Å². The topological polar surface area (TPSA) is 24.9 Å². The molecule has 1 aliphatic rings. The molecule has 2 unspecified atom stereocenters. The highest BCUT2D eigenvalue weighted by atomic mass is 35.5. The summed E-state index contributed by atoms with van der Waals surface area (Å²) in [6.45, 7) is 3.36. The van der Waals surface area contributed by atoms with E-state index in [2.05, 4.69) is 23.3 Å². The van der Waals surface area contributed by atoms with Gasteiger partial charge < -0.3 is 5.32 Å². The summed E-state index contributed by atoms with van der Waals surface area (Å²) in [5.74, 6) is 0.727. The van der Waals surface area contributed by atoms with E-state index in [9.17, 15) is 0 Å². The second-order valence-electron chi connectivity index (χ2n) is 5.28. The van der Waals surface area contributed by atoms with E-state index in [4.69, 9.17) is 11.6 Å². The molecule has 1 N–H and O–H groups in total. The minimum Gasteiger partial charge on any atom is -0.314 e. The highest BCUT2D eigenvalue weighted by Gasteiger charge is 2.25. The summed E-state index contributed by atoms with van der Waals surface area (Å²) in [6.07, 6.45) is 11.3. The first-order chi connectivity index (χ1) is 8.81. The van der Waals surface area contributed by atoms with Crippen LogP contribution in [-0.4, -0.2) is 17.6 Å². The summed E-state index contributed by atoms with van der Waals surface area (Å²) < 4.78 is 0. The molecular formula is C15H23ClN2. The molecule has 1 saturated carbocycles. The van der Waals surface area contributed by atoms with E-state index < -0.39 is 0 Å². The molecule has 1 aliphatic carbocycles. The Hall–Kier alpha value is -0.600. The molecule has 2 rings (SSSR count). The Morgan fingerprint density at radius 3 is 3.00 bits per heavy atom. The molecule has 1 fully saturated rings. The predicted octanol–water partition coefficient (Wildman–Crippen LogP) is 3.84. The van der Waals surface area contributed by atoms with Gasteiger partial charge in [0, 0.05) is 18.4 Å². The zero-order chi connectivity index (χ0) is 12.8. The monoisotopic (exact) mass is 266 g/mol. The first-order valence-corrected chi connectivity index (χ1v) is 7.50. The van der Waals surface area contributed by atoms with Crippen LogP contribution < -0.4 is 5.32 Å². The molecular weight excluding hydrogens is 244 g/mol. The van der Waals surface area contributed by atoms with Crippen molar-refractivity contribution >= 4 is 11.6 Å². The minimum absolute atomic E-state index is 0.669. The molecule has 2 atom stereocenters. The third-order valence-corrected chi connectivity index (χ3v) is 4.24. The normalized spacial score (nSPS) is 24.1. The van der Waals surface area contributed by atoms with Crippen LogP contribution in [0.2, 0.25) is 5.02 Å². The number of nitrogens with one attached hydrogen (secondary N) is 1. The standard InChI is InChI=1S/C15H23ClN2/c1-2-8-18-15-6-4-3-5-13(15)10-12-7-9-17-11-14(12)16/h7,9,11,13,15,18H,2-6,8,10H2,1H3. The fourth-order valence-electron chi connectivity index (χ4n) is 2.90. The molecule has 1 heterocycles. The average molecular weight is 267 g/mol. The Bertz CT molecular complexity index is 367. The first kappa shape index (κ1) is 13.8. The molecule has 0 amide bonds. The van der Waals surface area contributed by atoms with Crippen molar-refractivity contribution in [3.63, 3.8) is 0 Å². The van der Waals surface area contributed by atoms with Gasteiger partial charge >= 0.3 is 0 Å². The highest BCUT2D eigenvalue weighted by Crippen LogP contribution is 2.29. The van der Waals surface area contributed by atoms with E-state index in [1.807, 2.05) is 6.20 Å². The van der Waals surface area contributed by atoms with Gasteiger partial charge in [0.15, 0.2) is 0 Å². The van der Waals surface area contributed by atoms with Crippen LogP contribution in [0.3, 0.4) is 0 Å². The quantitative estimate of drug-likeness (QED) is 0.876. The Morgan fingerprint density at radius 2 is 2.22 bits per heavy atom. The lowest BCUT2D eigenvalue weighted by atomic mass is 9.81. The Balaban J connectivity index is 1.98. The van der Waals surface area contributed by atoms with Crippen LogP contribution in [-0.2, 0) is 6.42 Å². The highest BCUT2D eigenvalue weighted by molar-refractivity contribution is 6.31. The molecule has 0 radical (unpaired) electrons. The second kappa shape index (κ2) is 7.10. The number of nitrogens with zero attached hydrogens (tertiary/aromatic N) is 1. The van der Waals surface area contributed by atoms with Crippen molar-refractivity contribution in [2.45, 2.75) is 51.5 Å². The van der Waals surface area contributed by atoms with Crippen LogP contribution in [0.15, 0.2) is 18.5 Å². The third-order valence-electron chi connectivity index (χ3n) is 3.90. The van der Waals surface area contributed by atoms with Gasteiger partial charge in [-0.3, -0.25) is 4.98 Å². The summed E-state index contributed by atoms with van der Waals surface area (Å²) in [7, 11) is 0. The molecule has 1 aromatic heterocycles. The van der Waals surface area contributed by atoms with Crippen molar-refractivity contribution < 1.29 is 0 Å². The van der Waals surface area contributed by atoms with Gasteiger partial charge in [0.25, 0.3) is 0 Å². The maximum absolute atomic E-state index is 6.21. The van der Waals surface area contributed by atoms with E-state index >= 15 is 0 Å². The fourth-order valence-corrected chi connectivity index (χ4v) is 3.10. The van der Waals surface area contributed by atoms with Crippen molar-refractivity contribution in [3.8, 4) is 0 Å². The van der Waals surface area contributed by atoms with Crippen LogP contribution in [0.5, 0.6) is 0 Å². The maximum atomic E-state index is 6.21. The third kappa shape index (κ3) is 3.69. The van der Waals surface area contributed by atoms with Crippen molar-refractivity contribution in [2.75, 3.05) is 6.54 Å². The largest absolute Gasteiger partial charge is 0.314 e. The molecule has 0 bridgehead atoms. The van der Waals surface area contributed by atoms with Crippen molar-refractivity contribution in [3.05, 3.63) is 29.0 Å². The number of halogens is 1. The Morgan fingerprint density at radius 1 is 1.39 bits per heavy atom. The van der Waals surface area contributed by atoms with Gasteiger partial charge in [-0.25, -0.2) is 0 Å². The van der Waals surface area contributed by atoms with Gasteiger partial charge in [-0.1, -0.05) is 31.4 Å². The SMILES string of the molecule is CCCNC1CCCCC1Cc1ccncc1Cl. The summed E-state index contributed by atoms with van der Waals surface area (Å²) in [4.78, 5) is 4.06. The molecule has 0 aliphatic heterocycles. The number of aromatic nitrogens is 1. The van der Waals surface area contributed by atoms with Gasteiger partial charge in [0.2, 0.25) is 0 Å². The van der Waals surface area contributed by atoms with Crippen LogP contribution >= 0.6 is 11.6 Å². The average Bonchev–Trinajstić information content (AvgIpc) is 2.40. The molecule has 100 valence electrons. The van der Waals surface area contributed by atoms with Crippen molar-refractivity contribution in [1.82, 2.24) is 10.3 Å². The van der Waals surface area contributed by atoms with Gasteiger partial charge in [0.05, 0.1) is 5.02 Å². The Labute approximate surface area is 115 Å². The van der Waals surface area contributed by atoms with E-state index in [-0.39, 0.29) is 0 Å². The molecule has 1 aromatic rings. The van der Waals surface area contributed by atoms with Crippen molar-refractivity contribution in [1.29, 1.82) is 0 Å². The minimum atomic E-state index is 0.669. The van der Waals surface area contributed by atoms with Crippen LogP contribution in [0.25, 0.3) is 0 Å². The van der Waals surface area contributed by atoms with Crippen molar-refractivity contribution in [2.24, 2.45) is 5.92 Å².